The third-order valence-electron chi connectivity index (χ3n) is 6.02. The standard InChI is InChI=1S/C24H23NO6S2/c1-3-31-21(26)17-9-7-8-16(14-17)19-12-13-20(32-19)33(29,30)25-24(22(27)28)15-23(24,2)18-10-5-4-6-11-18/h4-14,25H,3,15H2,1-2H3,(H,27,28)/t23-,24+/m0/s1. The van der Waals surface area contributed by atoms with E-state index >= 15 is 0 Å². The number of hydrogen-bond donors (Lipinski definition) is 2. The number of aliphatic carboxylic acids is 1. The van der Waals surface area contributed by atoms with Gasteiger partial charge in [-0.25, -0.2) is 13.2 Å². The SMILES string of the molecule is CCOC(=O)c1cccc(-c2ccc(S(=O)(=O)N[C@@]3(C(=O)O)C[C@@]3(C)c3ccccc3)s2)c1. The predicted molar refractivity (Wildman–Crippen MR) is 125 cm³/mol. The molecule has 1 saturated carbocycles. The number of hydrogen-bond acceptors (Lipinski definition) is 6. The Bertz CT molecular complexity index is 1320. The normalized spacial score (nSPS) is 22.0. The van der Waals surface area contributed by atoms with Gasteiger partial charge in [0, 0.05) is 10.3 Å². The van der Waals surface area contributed by atoms with Crippen molar-refractivity contribution in [1.82, 2.24) is 4.72 Å². The summed E-state index contributed by atoms with van der Waals surface area (Å²) in [5.41, 5.74) is -0.687. The van der Waals surface area contributed by atoms with Crippen molar-refractivity contribution >= 4 is 33.3 Å². The van der Waals surface area contributed by atoms with Gasteiger partial charge in [0.25, 0.3) is 10.0 Å². The highest BCUT2D eigenvalue weighted by atomic mass is 32.2. The monoisotopic (exact) mass is 485 g/mol. The van der Waals surface area contributed by atoms with E-state index < -0.39 is 32.9 Å². The molecular formula is C24H23NO6S2. The van der Waals surface area contributed by atoms with E-state index in [-0.39, 0.29) is 17.2 Å². The first-order valence-electron chi connectivity index (χ1n) is 10.3. The van der Waals surface area contributed by atoms with E-state index in [1.807, 2.05) is 6.07 Å². The molecule has 2 N–H and O–H groups in total. The van der Waals surface area contributed by atoms with Crippen LogP contribution in [0.25, 0.3) is 10.4 Å². The molecule has 1 fully saturated rings. The van der Waals surface area contributed by atoms with Gasteiger partial charge < -0.3 is 9.84 Å². The molecule has 7 nitrogen and oxygen atoms in total. The minimum Gasteiger partial charge on any atom is -0.480 e. The van der Waals surface area contributed by atoms with Crippen molar-refractivity contribution in [2.45, 2.75) is 35.4 Å². The summed E-state index contributed by atoms with van der Waals surface area (Å²) in [5, 5.41) is 9.95. The van der Waals surface area contributed by atoms with Crippen molar-refractivity contribution in [2.24, 2.45) is 0 Å². The second kappa shape index (κ2) is 8.40. The number of benzene rings is 2. The van der Waals surface area contributed by atoms with Crippen molar-refractivity contribution < 1.29 is 27.9 Å². The molecule has 2 atom stereocenters. The molecule has 0 spiro atoms. The molecule has 4 rings (SSSR count). The van der Waals surface area contributed by atoms with Crippen molar-refractivity contribution in [3.63, 3.8) is 0 Å². The number of carbonyl (C=O) groups excluding carboxylic acids is 1. The summed E-state index contributed by atoms with van der Waals surface area (Å²) in [4.78, 5) is 24.8. The van der Waals surface area contributed by atoms with Gasteiger partial charge >= 0.3 is 11.9 Å². The Morgan fingerprint density at radius 3 is 2.48 bits per heavy atom. The van der Waals surface area contributed by atoms with Gasteiger partial charge in [0.2, 0.25) is 0 Å². The Hall–Kier alpha value is -3.01. The van der Waals surface area contributed by atoms with Gasteiger partial charge in [-0.1, -0.05) is 49.4 Å². The van der Waals surface area contributed by atoms with Crippen LogP contribution < -0.4 is 4.72 Å². The summed E-state index contributed by atoms with van der Waals surface area (Å²) in [7, 11) is -4.11. The van der Waals surface area contributed by atoms with Gasteiger partial charge in [0.1, 0.15) is 9.75 Å². The molecule has 1 heterocycles. The van der Waals surface area contributed by atoms with Crippen LogP contribution in [0.2, 0.25) is 0 Å². The maximum Gasteiger partial charge on any atom is 0.338 e. The van der Waals surface area contributed by atoms with E-state index in [9.17, 15) is 23.1 Å². The zero-order valence-corrected chi connectivity index (χ0v) is 19.7. The smallest absolute Gasteiger partial charge is 0.338 e. The number of carbonyl (C=O) groups is 2. The van der Waals surface area contributed by atoms with Crippen LogP contribution in [0, 0.1) is 0 Å². The third-order valence-corrected chi connectivity index (χ3v) is 9.14. The number of sulfonamides is 1. The molecule has 2 aromatic carbocycles. The molecule has 1 aliphatic rings. The van der Waals surface area contributed by atoms with E-state index in [2.05, 4.69) is 4.72 Å². The predicted octanol–water partition coefficient (Wildman–Crippen LogP) is 4.06. The first-order valence-corrected chi connectivity index (χ1v) is 12.6. The molecule has 172 valence electrons. The molecule has 33 heavy (non-hydrogen) atoms. The summed E-state index contributed by atoms with van der Waals surface area (Å²) in [6.07, 6.45) is 0.151. The van der Waals surface area contributed by atoms with Crippen LogP contribution in [-0.2, 0) is 25.0 Å². The number of rotatable bonds is 8. The Morgan fingerprint density at radius 1 is 1.09 bits per heavy atom. The van der Waals surface area contributed by atoms with Gasteiger partial charge in [-0.05, 0) is 48.7 Å². The van der Waals surface area contributed by atoms with Gasteiger partial charge in [-0.15, -0.1) is 11.3 Å². The Balaban J connectivity index is 1.62. The van der Waals surface area contributed by atoms with E-state index in [1.165, 1.54) is 6.07 Å². The average molecular weight is 486 g/mol. The van der Waals surface area contributed by atoms with Crippen molar-refractivity contribution in [1.29, 1.82) is 0 Å². The van der Waals surface area contributed by atoms with Crippen LogP contribution in [0.1, 0.15) is 36.2 Å². The van der Waals surface area contributed by atoms with Gasteiger partial charge in [-0.2, -0.15) is 4.72 Å². The highest BCUT2D eigenvalue weighted by molar-refractivity contribution is 7.91. The van der Waals surface area contributed by atoms with Gasteiger partial charge in [0.05, 0.1) is 12.2 Å². The van der Waals surface area contributed by atoms with Crippen LogP contribution in [0.15, 0.2) is 70.9 Å². The number of esters is 1. The van der Waals surface area contributed by atoms with Crippen LogP contribution in [0.4, 0.5) is 0 Å². The van der Waals surface area contributed by atoms with Crippen LogP contribution in [-0.4, -0.2) is 37.6 Å². The molecule has 0 amide bonds. The molecule has 9 heteroatoms. The highest BCUT2D eigenvalue weighted by Gasteiger charge is 2.72. The second-order valence-electron chi connectivity index (χ2n) is 8.11. The lowest BCUT2D eigenvalue weighted by Crippen LogP contribution is -2.47. The van der Waals surface area contributed by atoms with Crippen molar-refractivity contribution in [2.75, 3.05) is 6.61 Å². The largest absolute Gasteiger partial charge is 0.480 e. The topological polar surface area (TPSA) is 110 Å². The van der Waals surface area contributed by atoms with Gasteiger partial charge in [-0.3, -0.25) is 4.79 Å². The number of carboxylic acids is 1. The lowest BCUT2D eigenvalue weighted by atomic mass is 9.93. The summed E-state index contributed by atoms with van der Waals surface area (Å²) >= 11 is 1.01. The maximum absolute atomic E-state index is 13.2. The fourth-order valence-electron chi connectivity index (χ4n) is 4.06. The molecular weight excluding hydrogens is 462 g/mol. The Labute approximate surface area is 196 Å². The van der Waals surface area contributed by atoms with Crippen LogP contribution in [0.5, 0.6) is 0 Å². The summed E-state index contributed by atoms with van der Waals surface area (Å²) in [6, 6.07) is 18.8. The van der Waals surface area contributed by atoms with Crippen LogP contribution >= 0.6 is 11.3 Å². The van der Waals surface area contributed by atoms with E-state index in [0.29, 0.717) is 16.0 Å². The molecule has 1 aliphatic carbocycles. The minimum absolute atomic E-state index is 0.00183. The third kappa shape index (κ3) is 4.07. The summed E-state index contributed by atoms with van der Waals surface area (Å²) < 4.78 is 33.8. The van der Waals surface area contributed by atoms with Crippen molar-refractivity contribution in [3.05, 3.63) is 77.9 Å². The van der Waals surface area contributed by atoms with E-state index in [1.54, 1.807) is 68.4 Å². The van der Waals surface area contributed by atoms with E-state index in [0.717, 1.165) is 16.9 Å². The average Bonchev–Trinajstić information content (AvgIpc) is 3.15. The molecule has 0 bridgehead atoms. The number of thiophene rings is 1. The fraction of sp³-hybridized carbons (Fsp3) is 0.250. The number of nitrogens with one attached hydrogen (secondary N) is 1. The molecule has 0 unspecified atom stereocenters. The molecule has 0 aliphatic heterocycles. The molecule has 3 aromatic rings. The Morgan fingerprint density at radius 2 is 1.82 bits per heavy atom. The first-order chi connectivity index (χ1) is 15.6. The maximum atomic E-state index is 13.2. The van der Waals surface area contributed by atoms with Crippen LogP contribution in [0.3, 0.4) is 0 Å². The molecule has 0 radical (unpaired) electrons. The summed E-state index contributed by atoms with van der Waals surface area (Å²) in [6.45, 7) is 3.72. The lowest BCUT2D eigenvalue weighted by Gasteiger charge is -2.20. The Kier molecular flexibility index (Phi) is 5.90. The first kappa shape index (κ1) is 23.2. The minimum atomic E-state index is -4.11. The second-order valence-corrected chi connectivity index (χ2v) is 11.1. The lowest BCUT2D eigenvalue weighted by molar-refractivity contribution is -0.140. The number of carboxylic acid groups (broad SMARTS) is 1. The zero-order valence-electron chi connectivity index (χ0n) is 18.1. The molecule has 1 aromatic heterocycles. The molecule has 0 saturated heterocycles. The van der Waals surface area contributed by atoms with Crippen molar-refractivity contribution in [3.8, 4) is 10.4 Å². The quantitative estimate of drug-likeness (QED) is 0.466. The summed E-state index contributed by atoms with van der Waals surface area (Å²) in [5.74, 6) is -1.67. The zero-order chi connectivity index (χ0) is 23.9. The number of ether oxygens (including phenoxy) is 1. The van der Waals surface area contributed by atoms with E-state index in [4.69, 9.17) is 4.74 Å². The fourth-order valence-corrected chi connectivity index (χ4v) is 6.82. The highest BCUT2D eigenvalue weighted by Crippen LogP contribution is 2.58. The van der Waals surface area contributed by atoms with Gasteiger partial charge in [0.15, 0.2) is 0 Å².